The first-order valence-electron chi connectivity index (χ1n) is 9.82. The molecule has 2 aromatic rings. The quantitative estimate of drug-likeness (QED) is 0.519. The maximum Gasteiger partial charge on any atom is 0.407 e. The summed E-state index contributed by atoms with van der Waals surface area (Å²) in [7, 11) is 1.23. The van der Waals surface area contributed by atoms with Gasteiger partial charge >= 0.3 is 12.2 Å². The molecule has 2 heterocycles. The van der Waals surface area contributed by atoms with Gasteiger partial charge in [-0.3, -0.25) is 4.79 Å². The fraction of sp³-hybridized carbons (Fsp3) is 0.400. The number of amides is 3. The van der Waals surface area contributed by atoms with Crippen LogP contribution in [0.4, 0.5) is 9.59 Å². The van der Waals surface area contributed by atoms with Crippen molar-refractivity contribution in [3.05, 3.63) is 40.8 Å². The molecule has 11 heteroatoms. The molecule has 1 aliphatic heterocycles. The number of aromatic nitrogens is 2. The highest BCUT2D eigenvalue weighted by Crippen LogP contribution is 2.23. The smallest absolute Gasteiger partial charge is 0.407 e. The minimum absolute atomic E-state index is 0.0835. The average molecular weight is 494 g/mol. The topological polar surface area (TPSA) is 134 Å². The number of rotatable bonds is 3. The number of ether oxygens (including phenoxy) is 2. The Balaban J connectivity index is 1.80. The van der Waals surface area contributed by atoms with Crippen molar-refractivity contribution in [3.8, 4) is 11.3 Å². The standard InChI is InChI=1S/C20H24BrN5O5/c1-30-20(29)26-15-3-2-9-22-19(28)31-10-8-14(25-18(15)27)17-23-11-16(24-17)12-4-6-13(21)7-5-12/h4-7,11,14-15H,2-3,8-10H2,1H3,(H,22,28)(H,23,24)(H,25,27)(H,26,29). The summed E-state index contributed by atoms with van der Waals surface area (Å²) in [5.74, 6) is 0.146. The first-order chi connectivity index (χ1) is 15.0. The monoisotopic (exact) mass is 493 g/mol. The van der Waals surface area contributed by atoms with Gasteiger partial charge in [-0.1, -0.05) is 28.1 Å². The largest absolute Gasteiger partial charge is 0.453 e. The molecule has 1 fully saturated rings. The van der Waals surface area contributed by atoms with Gasteiger partial charge in [0.1, 0.15) is 11.9 Å². The first kappa shape index (κ1) is 22.6. The number of halogens is 1. The van der Waals surface area contributed by atoms with Crippen LogP contribution in [0.15, 0.2) is 34.9 Å². The van der Waals surface area contributed by atoms with E-state index in [1.165, 1.54) is 7.11 Å². The number of hydrogen-bond donors (Lipinski definition) is 4. The number of cyclic esters (lactones) is 1. The third-order valence-electron chi connectivity index (χ3n) is 4.77. The van der Waals surface area contributed by atoms with Crippen LogP contribution in [0, 0.1) is 0 Å². The van der Waals surface area contributed by atoms with E-state index in [0.29, 0.717) is 31.6 Å². The number of imidazole rings is 1. The number of methoxy groups -OCH3 is 1. The maximum atomic E-state index is 12.9. The Kier molecular flexibility index (Phi) is 7.88. The molecule has 3 amide bonds. The molecule has 166 valence electrons. The second kappa shape index (κ2) is 10.8. The van der Waals surface area contributed by atoms with Crippen molar-refractivity contribution in [1.29, 1.82) is 0 Å². The number of H-pyrrole nitrogens is 1. The van der Waals surface area contributed by atoms with E-state index in [2.05, 4.69) is 46.6 Å². The van der Waals surface area contributed by atoms with Crippen molar-refractivity contribution in [2.45, 2.75) is 31.3 Å². The van der Waals surface area contributed by atoms with Gasteiger partial charge in [0.15, 0.2) is 0 Å². The van der Waals surface area contributed by atoms with Crippen molar-refractivity contribution in [1.82, 2.24) is 25.9 Å². The second-order valence-electron chi connectivity index (χ2n) is 6.93. The lowest BCUT2D eigenvalue weighted by Crippen LogP contribution is -2.48. The molecule has 0 bridgehead atoms. The Bertz CT molecular complexity index is 917. The van der Waals surface area contributed by atoms with E-state index >= 15 is 0 Å². The molecular weight excluding hydrogens is 470 g/mol. The van der Waals surface area contributed by atoms with Crippen LogP contribution in [-0.2, 0) is 14.3 Å². The van der Waals surface area contributed by atoms with Gasteiger partial charge in [-0.25, -0.2) is 14.6 Å². The summed E-state index contributed by atoms with van der Waals surface area (Å²) in [5.41, 5.74) is 1.72. The molecule has 1 aromatic carbocycles. The second-order valence-corrected chi connectivity index (χ2v) is 7.85. The maximum absolute atomic E-state index is 12.9. The van der Waals surface area contributed by atoms with Gasteiger partial charge < -0.3 is 30.4 Å². The van der Waals surface area contributed by atoms with Crippen molar-refractivity contribution in [2.24, 2.45) is 0 Å². The number of hydrogen-bond acceptors (Lipinski definition) is 6. The van der Waals surface area contributed by atoms with Crippen LogP contribution in [0.25, 0.3) is 11.3 Å². The Morgan fingerprint density at radius 2 is 2.03 bits per heavy atom. The number of nitrogens with one attached hydrogen (secondary N) is 4. The van der Waals surface area contributed by atoms with Gasteiger partial charge in [0, 0.05) is 17.4 Å². The molecule has 0 spiro atoms. The molecule has 10 nitrogen and oxygen atoms in total. The molecule has 1 saturated heterocycles. The van der Waals surface area contributed by atoms with Gasteiger partial charge in [0.2, 0.25) is 5.91 Å². The highest BCUT2D eigenvalue weighted by atomic mass is 79.9. The molecule has 0 saturated carbocycles. The zero-order valence-electron chi connectivity index (χ0n) is 16.9. The fourth-order valence-electron chi connectivity index (χ4n) is 3.13. The Hall–Kier alpha value is -3.08. The van der Waals surface area contributed by atoms with Crippen LogP contribution in [0.3, 0.4) is 0 Å². The molecule has 31 heavy (non-hydrogen) atoms. The molecule has 1 aliphatic rings. The predicted octanol–water partition coefficient (Wildman–Crippen LogP) is 2.63. The summed E-state index contributed by atoms with van der Waals surface area (Å²) in [6.07, 6.45) is 1.53. The van der Waals surface area contributed by atoms with Crippen molar-refractivity contribution in [3.63, 3.8) is 0 Å². The first-order valence-corrected chi connectivity index (χ1v) is 10.6. The molecule has 0 aliphatic carbocycles. The lowest BCUT2D eigenvalue weighted by molar-refractivity contribution is -0.124. The van der Waals surface area contributed by atoms with Crippen molar-refractivity contribution < 1.29 is 23.9 Å². The number of nitrogens with zero attached hydrogens (tertiary/aromatic N) is 1. The van der Waals surface area contributed by atoms with E-state index < -0.39 is 24.3 Å². The Morgan fingerprint density at radius 3 is 2.77 bits per heavy atom. The fourth-order valence-corrected chi connectivity index (χ4v) is 3.39. The Labute approximate surface area is 187 Å². The molecule has 3 rings (SSSR count). The lowest BCUT2D eigenvalue weighted by atomic mass is 10.1. The molecular formula is C20H24BrN5O5. The zero-order chi connectivity index (χ0) is 22.2. The van der Waals surface area contributed by atoms with Crippen LogP contribution >= 0.6 is 15.9 Å². The highest BCUT2D eigenvalue weighted by Gasteiger charge is 2.26. The summed E-state index contributed by atoms with van der Waals surface area (Å²) in [5, 5.41) is 8.06. The number of alkyl carbamates (subject to hydrolysis) is 2. The van der Waals surface area contributed by atoms with E-state index in [1.54, 1.807) is 6.20 Å². The van der Waals surface area contributed by atoms with Crippen LogP contribution in [0.1, 0.15) is 31.1 Å². The van der Waals surface area contributed by atoms with E-state index in [9.17, 15) is 14.4 Å². The normalized spacial score (nSPS) is 20.3. The van der Waals surface area contributed by atoms with Crippen LogP contribution in [0.2, 0.25) is 0 Å². The van der Waals surface area contributed by atoms with Crippen LogP contribution < -0.4 is 16.0 Å². The highest BCUT2D eigenvalue weighted by molar-refractivity contribution is 9.10. The Morgan fingerprint density at radius 1 is 1.26 bits per heavy atom. The SMILES string of the molecule is COC(=O)NC1CCCNC(=O)OCCC(c2ncc(-c3ccc(Br)cc3)[nH]2)NC1=O. The summed E-state index contributed by atoms with van der Waals surface area (Å²) in [4.78, 5) is 44.0. The van der Waals surface area contributed by atoms with E-state index in [-0.39, 0.29) is 12.5 Å². The van der Waals surface area contributed by atoms with E-state index in [0.717, 1.165) is 15.7 Å². The van der Waals surface area contributed by atoms with Gasteiger partial charge in [0.25, 0.3) is 0 Å². The summed E-state index contributed by atoms with van der Waals surface area (Å²) >= 11 is 3.41. The molecule has 1 aromatic heterocycles. The van der Waals surface area contributed by atoms with Gasteiger partial charge in [0.05, 0.1) is 31.6 Å². The summed E-state index contributed by atoms with van der Waals surface area (Å²) in [6.45, 7) is 0.407. The van der Waals surface area contributed by atoms with E-state index in [1.807, 2.05) is 24.3 Å². The number of carbonyl (C=O) groups excluding carboxylic acids is 3. The molecule has 0 radical (unpaired) electrons. The van der Waals surface area contributed by atoms with Gasteiger partial charge in [-0.2, -0.15) is 0 Å². The summed E-state index contributed by atoms with van der Waals surface area (Å²) in [6, 6.07) is 6.35. The van der Waals surface area contributed by atoms with E-state index in [4.69, 9.17) is 4.74 Å². The molecule has 4 N–H and O–H groups in total. The third-order valence-corrected chi connectivity index (χ3v) is 5.30. The van der Waals surface area contributed by atoms with Crippen molar-refractivity contribution >= 4 is 34.0 Å². The van der Waals surface area contributed by atoms with Crippen LogP contribution in [-0.4, -0.2) is 54.4 Å². The number of benzene rings is 1. The summed E-state index contributed by atoms with van der Waals surface area (Å²) < 4.78 is 10.8. The minimum atomic E-state index is -0.812. The van der Waals surface area contributed by atoms with Gasteiger partial charge in [-0.05, 0) is 30.5 Å². The number of carbonyl (C=O) groups is 3. The molecule has 2 unspecified atom stereocenters. The van der Waals surface area contributed by atoms with Gasteiger partial charge in [-0.15, -0.1) is 0 Å². The zero-order valence-corrected chi connectivity index (χ0v) is 18.5. The minimum Gasteiger partial charge on any atom is -0.453 e. The van der Waals surface area contributed by atoms with Crippen LogP contribution in [0.5, 0.6) is 0 Å². The third kappa shape index (κ3) is 6.45. The average Bonchev–Trinajstić information content (AvgIpc) is 3.24. The number of aromatic amines is 1. The predicted molar refractivity (Wildman–Crippen MR) is 115 cm³/mol. The van der Waals surface area contributed by atoms with Crippen molar-refractivity contribution in [2.75, 3.05) is 20.3 Å². The lowest BCUT2D eigenvalue weighted by Gasteiger charge is -2.23. The molecule has 2 atom stereocenters.